The van der Waals surface area contributed by atoms with E-state index in [1.54, 1.807) is 0 Å². The lowest BCUT2D eigenvalue weighted by Gasteiger charge is -2.38. The monoisotopic (exact) mass is 565 g/mol. The smallest absolute Gasteiger partial charge is 0.393 e. The van der Waals surface area contributed by atoms with Gasteiger partial charge >= 0.3 is 6.18 Å². The third-order valence-corrected chi connectivity index (χ3v) is 9.26. The van der Waals surface area contributed by atoms with Gasteiger partial charge in [-0.3, -0.25) is 9.10 Å². The molecule has 3 atom stereocenters. The van der Waals surface area contributed by atoms with Gasteiger partial charge in [0.25, 0.3) is 10.0 Å². The van der Waals surface area contributed by atoms with Crippen molar-refractivity contribution in [2.24, 2.45) is 0 Å². The number of fused-ring (bicyclic) bond motifs is 1. The Balaban J connectivity index is 2.03. The van der Waals surface area contributed by atoms with Gasteiger partial charge in [-0.05, 0) is 62.2 Å². The topological polar surface area (TPSA) is 115 Å². The molecular weight excluding hydrogens is 538 g/mol. The minimum absolute atomic E-state index is 0.00711. The number of carbonyl (C=O) groups excluding carboxylic acids is 1. The number of Topliss-reactive ketones (excluding diaryl/α,β-unsaturated/α-hetero) is 1. The highest BCUT2D eigenvalue weighted by atomic mass is 32.2. The molecule has 0 aromatic heterocycles. The first kappa shape index (κ1) is 29.4. The SMILES string of the molecule is CC(O)(c1ccc2c(c1)SC[C@@H](CC(=O)CC[C@](C)(O)CO)N2S(=O)(=O)c1ccc(F)cc1)C(F)(F)F. The van der Waals surface area contributed by atoms with Crippen LogP contribution < -0.4 is 4.31 Å². The number of hydrogen-bond acceptors (Lipinski definition) is 7. The number of sulfonamides is 1. The molecule has 0 saturated heterocycles. The van der Waals surface area contributed by atoms with Gasteiger partial charge in [0.15, 0.2) is 5.60 Å². The van der Waals surface area contributed by atoms with Gasteiger partial charge in [0.2, 0.25) is 0 Å². The number of rotatable bonds is 9. The molecule has 1 heterocycles. The van der Waals surface area contributed by atoms with E-state index in [1.807, 2.05) is 0 Å². The normalized spacial score (nSPS) is 19.6. The zero-order valence-corrected chi connectivity index (χ0v) is 21.6. The number of halogens is 4. The van der Waals surface area contributed by atoms with Crippen molar-refractivity contribution in [2.75, 3.05) is 16.7 Å². The summed E-state index contributed by atoms with van der Waals surface area (Å²) in [6.07, 6.45) is -5.44. The second-order valence-corrected chi connectivity index (χ2v) is 12.2. The maximum Gasteiger partial charge on any atom is 0.421 e. The molecule has 7 nitrogen and oxygen atoms in total. The lowest BCUT2D eigenvalue weighted by molar-refractivity contribution is -0.258. The number of thioether (sulfide) groups is 1. The maximum atomic E-state index is 13.6. The van der Waals surface area contributed by atoms with E-state index in [9.17, 15) is 46.1 Å². The largest absolute Gasteiger partial charge is 0.421 e. The van der Waals surface area contributed by atoms with E-state index in [4.69, 9.17) is 0 Å². The molecule has 2 aromatic rings. The minimum Gasteiger partial charge on any atom is -0.393 e. The van der Waals surface area contributed by atoms with Crippen LogP contribution in [0.4, 0.5) is 23.2 Å². The molecule has 1 aliphatic heterocycles. The van der Waals surface area contributed by atoms with E-state index in [0.717, 1.165) is 58.5 Å². The average molecular weight is 566 g/mol. The highest BCUT2D eigenvalue weighted by molar-refractivity contribution is 8.00. The van der Waals surface area contributed by atoms with Crippen molar-refractivity contribution in [3.63, 3.8) is 0 Å². The van der Waals surface area contributed by atoms with Gasteiger partial charge < -0.3 is 15.3 Å². The fraction of sp³-hybridized carbons (Fsp3) is 0.458. The fourth-order valence-corrected chi connectivity index (χ4v) is 6.75. The quantitative estimate of drug-likeness (QED) is 0.397. The van der Waals surface area contributed by atoms with Crippen LogP contribution in [0.1, 0.15) is 38.7 Å². The second-order valence-electron chi connectivity index (χ2n) is 9.37. The summed E-state index contributed by atoms with van der Waals surface area (Å²) in [5.74, 6) is -1.05. The summed E-state index contributed by atoms with van der Waals surface area (Å²) in [6.45, 7) is 1.38. The van der Waals surface area contributed by atoms with Crippen LogP contribution in [-0.2, 0) is 20.4 Å². The highest BCUT2D eigenvalue weighted by Crippen LogP contribution is 2.46. The number of hydrogen-bond donors (Lipinski definition) is 3. The van der Waals surface area contributed by atoms with Gasteiger partial charge in [0.05, 0.1) is 28.8 Å². The zero-order chi connectivity index (χ0) is 27.8. The molecule has 0 fully saturated rings. The Hall–Kier alpha value is -2.19. The third kappa shape index (κ3) is 6.28. The molecule has 0 aliphatic carbocycles. The fourth-order valence-electron chi connectivity index (χ4n) is 3.77. The summed E-state index contributed by atoms with van der Waals surface area (Å²) in [7, 11) is -4.38. The van der Waals surface area contributed by atoms with E-state index in [0.29, 0.717) is 6.92 Å². The number of anilines is 1. The Morgan fingerprint density at radius 2 is 1.73 bits per heavy atom. The zero-order valence-electron chi connectivity index (χ0n) is 20.0. The summed E-state index contributed by atoms with van der Waals surface area (Å²) in [5, 5.41) is 29.2. The molecule has 2 aromatic carbocycles. The summed E-state index contributed by atoms with van der Waals surface area (Å²) in [6, 6.07) is 6.25. The Bertz CT molecular complexity index is 1250. The number of benzene rings is 2. The van der Waals surface area contributed by atoms with Crippen molar-refractivity contribution in [3.8, 4) is 0 Å². The first-order valence-corrected chi connectivity index (χ1v) is 13.6. The second kappa shape index (κ2) is 10.5. The molecule has 0 spiro atoms. The minimum atomic E-state index is -4.98. The van der Waals surface area contributed by atoms with Crippen LogP contribution in [0.5, 0.6) is 0 Å². The van der Waals surface area contributed by atoms with Crippen molar-refractivity contribution >= 4 is 33.3 Å². The molecule has 3 N–H and O–H groups in total. The first-order valence-electron chi connectivity index (χ1n) is 11.2. The number of aliphatic hydroxyl groups is 3. The summed E-state index contributed by atoms with van der Waals surface area (Å²) in [4.78, 5) is 12.6. The Morgan fingerprint density at radius 1 is 1.11 bits per heavy atom. The van der Waals surface area contributed by atoms with Gasteiger partial charge in [-0.1, -0.05) is 6.07 Å². The van der Waals surface area contributed by atoms with E-state index >= 15 is 0 Å². The van der Waals surface area contributed by atoms with E-state index in [2.05, 4.69) is 0 Å². The summed E-state index contributed by atoms with van der Waals surface area (Å²) < 4.78 is 81.9. The molecule has 0 amide bonds. The van der Waals surface area contributed by atoms with Gasteiger partial charge in [-0.15, -0.1) is 11.8 Å². The van der Waals surface area contributed by atoms with Crippen molar-refractivity contribution in [1.82, 2.24) is 0 Å². The molecule has 0 bridgehead atoms. The van der Waals surface area contributed by atoms with Crippen molar-refractivity contribution in [3.05, 3.63) is 53.8 Å². The maximum absolute atomic E-state index is 13.6. The summed E-state index contributed by atoms with van der Waals surface area (Å²) >= 11 is 1.04. The van der Waals surface area contributed by atoms with Crippen LogP contribution in [0.25, 0.3) is 0 Å². The lowest BCUT2D eigenvalue weighted by atomic mass is 9.95. The Morgan fingerprint density at radius 3 is 2.30 bits per heavy atom. The Kier molecular flexibility index (Phi) is 8.35. The van der Waals surface area contributed by atoms with Gasteiger partial charge in [-0.2, -0.15) is 13.2 Å². The van der Waals surface area contributed by atoms with Crippen LogP contribution in [0.15, 0.2) is 52.3 Å². The van der Waals surface area contributed by atoms with Crippen LogP contribution in [0.2, 0.25) is 0 Å². The predicted octanol–water partition coefficient (Wildman–Crippen LogP) is 3.75. The van der Waals surface area contributed by atoms with Crippen molar-refractivity contribution in [1.29, 1.82) is 0 Å². The highest BCUT2D eigenvalue weighted by Gasteiger charge is 2.51. The molecule has 0 saturated carbocycles. The van der Waals surface area contributed by atoms with Crippen molar-refractivity contribution < 1.29 is 46.1 Å². The number of carbonyl (C=O) groups is 1. The van der Waals surface area contributed by atoms with E-state index in [-0.39, 0.29) is 40.5 Å². The number of alkyl halides is 3. The van der Waals surface area contributed by atoms with E-state index < -0.39 is 57.2 Å². The van der Waals surface area contributed by atoms with E-state index in [1.165, 1.54) is 6.92 Å². The molecule has 1 unspecified atom stereocenters. The van der Waals surface area contributed by atoms with Gasteiger partial charge in [-0.25, -0.2) is 12.8 Å². The average Bonchev–Trinajstić information content (AvgIpc) is 2.81. The standard InChI is InChI=1S/C24H27F4NO6S2/c1-22(32,14-30)10-9-18(31)12-17-13-36-21-11-15(23(2,33)24(26,27)28)3-8-20(21)29(17)37(34,35)19-6-4-16(25)5-7-19/h3-8,11,17,30,32-33H,9-10,12-14H2,1-2H3/t17-,22+,23?/m1/s1. The predicted molar refractivity (Wildman–Crippen MR) is 129 cm³/mol. The molecule has 1 aliphatic rings. The summed E-state index contributed by atoms with van der Waals surface area (Å²) in [5.41, 5.74) is -5.14. The lowest BCUT2D eigenvalue weighted by Crippen LogP contribution is -2.46. The third-order valence-electron chi connectivity index (χ3n) is 6.19. The number of aliphatic hydroxyl groups excluding tert-OH is 1. The number of nitrogens with zero attached hydrogens (tertiary/aromatic N) is 1. The number of ketones is 1. The molecule has 204 valence electrons. The van der Waals surface area contributed by atoms with Gasteiger partial charge in [0, 0.05) is 23.5 Å². The van der Waals surface area contributed by atoms with Crippen LogP contribution >= 0.6 is 11.8 Å². The van der Waals surface area contributed by atoms with Crippen molar-refractivity contribution in [2.45, 2.75) is 66.3 Å². The molecule has 3 rings (SSSR count). The van der Waals surface area contributed by atoms with Gasteiger partial charge in [0.1, 0.15) is 11.6 Å². The van der Waals surface area contributed by atoms with Crippen LogP contribution in [-0.4, -0.2) is 59.7 Å². The molecule has 37 heavy (non-hydrogen) atoms. The van der Waals surface area contributed by atoms with Crippen LogP contribution in [0.3, 0.4) is 0 Å². The molecule has 0 radical (unpaired) electrons. The molecule has 13 heteroatoms. The van der Waals surface area contributed by atoms with Crippen LogP contribution in [0, 0.1) is 5.82 Å². The molecular formula is C24H27F4NO6S2. The first-order chi connectivity index (χ1) is 17.0. The Labute approximate surface area is 216 Å².